The number of ether oxygens (including phenoxy) is 5. The molecular weight excluding hydrogens is 839 g/mol. The van der Waals surface area contributed by atoms with Crippen LogP contribution in [0.2, 0.25) is 0 Å². The molecule has 4 N–H and O–H groups in total. The maximum absolute atomic E-state index is 15.7. The van der Waals surface area contributed by atoms with Crippen molar-refractivity contribution in [1.82, 2.24) is 5.32 Å². The predicted molar refractivity (Wildman–Crippen MR) is 229 cm³/mol. The summed E-state index contributed by atoms with van der Waals surface area (Å²) < 4.78 is 31.0. The first-order valence-electron chi connectivity index (χ1n) is 22.1. The number of esters is 4. The summed E-state index contributed by atoms with van der Waals surface area (Å²) in [5.74, 6) is -7.00. The molecule has 15 heteroatoms. The Morgan fingerprint density at radius 2 is 1.45 bits per heavy atom. The molecule has 11 atom stereocenters. The number of hydrogen-bond donors (Lipinski definition) is 4. The number of nitrogens with one attached hydrogen (secondary N) is 1. The van der Waals surface area contributed by atoms with Crippen LogP contribution >= 0.6 is 0 Å². The standard InChI is InChI=1S/C50H55NO14/c1-27-33(63-46(59)38(54)37(29-16-9-6-10-17-29)51-43(56)30-18-11-7-12-19-30)25-50(60)42(64-44(57)31-20-13-8-14-21-31)40-48(5,41(55)39(62-28(2)52)36(27)47(50,3)4)34(53)24-35-49(40,26-61-35)65-45(58)32-22-15-23-32/h6-14,16-21,32-35,37-40,42,53-54,60H,15,22-26H2,1-5H3,(H,51,56)/t33-,34-,35+,37-,38+,39+,40-,42-,48+,49-,50+/m0/s1. The molecule has 0 spiro atoms. The number of Topliss-reactive ketones (excluding diaryl/α,β-unsaturated/α-hetero) is 1. The van der Waals surface area contributed by atoms with Gasteiger partial charge in [0, 0.05) is 30.7 Å². The van der Waals surface area contributed by atoms with Crippen LogP contribution < -0.4 is 5.32 Å². The van der Waals surface area contributed by atoms with E-state index in [1.165, 1.54) is 26.0 Å². The fourth-order valence-electron chi connectivity index (χ4n) is 10.8. The molecule has 1 amide bonds. The number of fused-ring (bicyclic) bond motifs is 5. The Morgan fingerprint density at radius 3 is 2.00 bits per heavy atom. The molecule has 1 heterocycles. The first kappa shape index (κ1) is 45.8. The van der Waals surface area contributed by atoms with Crippen molar-refractivity contribution in [3.05, 3.63) is 119 Å². The number of ketones is 1. The smallest absolute Gasteiger partial charge is 0.338 e. The first-order valence-corrected chi connectivity index (χ1v) is 22.1. The van der Waals surface area contributed by atoms with Gasteiger partial charge in [0.25, 0.3) is 5.91 Å². The number of aliphatic hydroxyl groups is 3. The monoisotopic (exact) mass is 893 g/mol. The topological polar surface area (TPSA) is 221 Å². The van der Waals surface area contributed by atoms with Crippen LogP contribution in [0.3, 0.4) is 0 Å². The SMILES string of the molecule is CC(=O)O[C@H]1C(=O)[C@@]2(C)[C@H]([C@H](OC(=O)c3ccccc3)[C@]3(O)C[C@H](OC(=O)[C@H](O)[C@@H](NC(=O)c4ccccc4)c4ccccc4)C(C)=C1C3(C)C)[C@]1(OC(=O)C3CCC3)CO[C@@H]1C[C@@H]2O. The van der Waals surface area contributed by atoms with Crippen molar-refractivity contribution in [2.45, 2.75) is 121 Å². The van der Waals surface area contributed by atoms with E-state index in [1.54, 1.807) is 92.7 Å². The molecule has 1 aliphatic heterocycles. The summed E-state index contributed by atoms with van der Waals surface area (Å²) in [7, 11) is 0. The van der Waals surface area contributed by atoms with E-state index >= 15 is 4.79 Å². The maximum atomic E-state index is 15.7. The lowest BCUT2D eigenvalue weighted by Crippen LogP contribution is -2.82. The third-order valence-electron chi connectivity index (χ3n) is 14.9. The summed E-state index contributed by atoms with van der Waals surface area (Å²) in [6.45, 7) is 6.96. The molecule has 65 heavy (non-hydrogen) atoms. The highest BCUT2D eigenvalue weighted by Gasteiger charge is 2.78. The number of amides is 1. The molecule has 0 unspecified atom stereocenters. The normalized spacial score (nSPS) is 32.3. The van der Waals surface area contributed by atoms with Gasteiger partial charge in [-0.15, -0.1) is 0 Å². The summed E-state index contributed by atoms with van der Waals surface area (Å²) in [6, 6.07) is 23.1. The highest BCUT2D eigenvalue weighted by molar-refractivity contribution is 5.96. The van der Waals surface area contributed by atoms with Crippen molar-refractivity contribution < 1.29 is 67.8 Å². The van der Waals surface area contributed by atoms with Crippen molar-refractivity contribution in [2.24, 2.45) is 22.7 Å². The summed E-state index contributed by atoms with van der Waals surface area (Å²) in [6.07, 6.45) is -8.51. The number of hydrogen-bond acceptors (Lipinski definition) is 14. The average molecular weight is 894 g/mol. The third-order valence-corrected chi connectivity index (χ3v) is 14.9. The highest BCUT2D eigenvalue weighted by Crippen LogP contribution is 2.64. The lowest BCUT2D eigenvalue weighted by atomic mass is 9.44. The quantitative estimate of drug-likeness (QED) is 0.118. The molecule has 5 aliphatic rings. The number of rotatable bonds is 11. The van der Waals surface area contributed by atoms with E-state index in [0.717, 1.165) is 13.3 Å². The van der Waals surface area contributed by atoms with Crippen molar-refractivity contribution in [1.29, 1.82) is 0 Å². The summed E-state index contributed by atoms with van der Waals surface area (Å²) in [5.41, 5.74) is -6.95. The Labute approximate surface area is 376 Å². The number of aliphatic hydroxyl groups excluding tert-OH is 2. The van der Waals surface area contributed by atoms with Gasteiger partial charge in [-0.1, -0.05) is 87.0 Å². The summed E-state index contributed by atoms with van der Waals surface area (Å²) in [4.78, 5) is 85.1. The highest BCUT2D eigenvalue weighted by atomic mass is 16.6. The fourth-order valence-corrected chi connectivity index (χ4v) is 10.8. The van der Waals surface area contributed by atoms with Gasteiger partial charge in [0.15, 0.2) is 23.6 Å². The molecule has 8 rings (SSSR count). The van der Waals surface area contributed by atoms with E-state index in [0.29, 0.717) is 18.4 Å². The van der Waals surface area contributed by atoms with Gasteiger partial charge in [0.1, 0.15) is 23.9 Å². The van der Waals surface area contributed by atoms with Gasteiger partial charge >= 0.3 is 23.9 Å². The Kier molecular flexibility index (Phi) is 12.2. The van der Waals surface area contributed by atoms with Gasteiger partial charge in [-0.25, -0.2) is 9.59 Å². The molecular formula is C50H55NO14. The molecule has 2 bridgehead atoms. The maximum Gasteiger partial charge on any atom is 0.338 e. The number of carbonyl (C=O) groups excluding carboxylic acids is 6. The largest absolute Gasteiger partial charge is 0.456 e. The second-order valence-corrected chi connectivity index (χ2v) is 18.8. The minimum Gasteiger partial charge on any atom is -0.456 e. The Bertz CT molecular complexity index is 2380. The van der Waals surface area contributed by atoms with Gasteiger partial charge in [-0.3, -0.25) is 19.2 Å². The second-order valence-electron chi connectivity index (χ2n) is 18.8. The Balaban J connectivity index is 1.27. The van der Waals surface area contributed by atoms with Crippen LogP contribution in [0, 0.1) is 22.7 Å². The van der Waals surface area contributed by atoms with Crippen LogP contribution in [-0.2, 0) is 42.9 Å². The molecule has 0 aromatic heterocycles. The van der Waals surface area contributed by atoms with Crippen LogP contribution in [0.25, 0.3) is 0 Å². The van der Waals surface area contributed by atoms with Crippen molar-refractivity contribution in [2.75, 3.05) is 6.61 Å². The summed E-state index contributed by atoms with van der Waals surface area (Å²) in [5, 5.41) is 40.7. The minimum atomic E-state index is -2.39. The molecule has 4 fully saturated rings. The van der Waals surface area contributed by atoms with Gasteiger partial charge < -0.3 is 44.3 Å². The van der Waals surface area contributed by atoms with Crippen LogP contribution in [-0.4, -0.2) is 105 Å². The Hall–Kier alpha value is -5.74. The van der Waals surface area contributed by atoms with Crippen LogP contribution in [0.1, 0.15) is 99.0 Å². The zero-order chi connectivity index (χ0) is 46.6. The van der Waals surface area contributed by atoms with Gasteiger partial charge in [0.2, 0.25) is 0 Å². The average Bonchev–Trinajstić information content (AvgIpc) is 3.26. The molecule has 3 aromatic rings. The van der Waals surface area contributed by atoms with Gasteiger partial charge in [-0.2, -0.15) is 0 Å². The van der Waals surface area contributed by atoms with Crippen LogP contribution in [0.4, 0.5) is 0 Å². The van der Waals surface area contributed by atoms with Crippen LogP contribution in [0.15, 0.2) is 102 Å². The Morgan fingerprint density at radius 1 is 0.846 bits per heavy atom. The number of benzene rings is 3. The lowest BCUT2D eigenvalue weighted by Gasteiger charge is -2.67. The van der Waals surface area contributed by atoms with Crippen molar-refractivity contribution in [3.63, 3.8) is 0 Å². The lowest BCUT2D eigenvalue weighted by molar-refractivity contribution is -0.347. The molecule has 1 saturated heterocycles. The van der Waals surface area contributed by atoms with E-state index in [9.17, 15) is 39.3 Å². The molecule has 15 nitrogen and oxygen atoms in total. The van der Waals surface area contributed by atoms with E-state index in [4.69, 9.17) is 23.7 Å². The van der Waals surface area contributed by atoms with E-state index < -0.39 is 119 Å². The van der Waals surface area contributed by atoms with E-state index in [2.05, 4.69) is 5.32 Å². The zero-order valence-electron chi connectivity index (χ0n) is 36.9. The van der Waals surface area contributed by atoms with Crippen molar-refractivity contribution >= 4 is 35.6 Å². The molecule has 3 saturated carbocycles. The molecule has 4 aliphatic carbocycles. The van der Waals surface area contributed by atoms with Gasteiger partial charge in [-0.05, 0) is 67.7 Å². The van der Waals surface area contributed by atoms with E-state index in [1.807, 2.05) is 0 Å². The molecule has 344 valence electrons. The number of carbonyl (C=O) groups is 6. The third kappa shape index (κ3) is 7.65. The van der Waals surface area contributed by atoms with Crippen LogP contribution in [0.5, 0.6) is 0 Å². The molecule has 0 radical (unpaired) electrons. The first-order chi connectivity index (χ1) is 30.8. The minimum absolute atomic E-state index is 0.0101. The zero-order valence-corrected chi connectivity index (χ0v) is 36.9. The van der Waals surface area contributed by atoms with Crippen molar-refractivity contribution in [3.8, 4) is 0 Å². The van der Waals surface area contributed by atoms with Gasteiger partial charge in [0.05, 0.1) is 41.6 Å². The molecule has 3 aromatic carbocycles. The van der Waals surface area contributed by atoms with E-state index in [-0.39, 0.29) is 35.3 Å². The predicted octanol–water partition coefficient (Wildman–Crippen LogP) is 4.52. The fraction of sp³-hybridized carbons (Fsp3) is 0.480. The second kappa shape index (κ2) is 17.2. The summed E-state index contributed by atoms with van der Waals surface area (Å²) >= 11 is 0.